The van der Waals surface area contributed by atoms with Gasteiger partial charge in [0, 0.05) is 11.3 Å². The number of anilines is 2. The SMILES string of the molecule is Cc1ccc(C(=O)[C@H](C)Sc2nnc(Nc3ccc(C(C)C)cc3)s2)cc1. The van der Waals surface area contributed by atoms with Crippen molar-refractivity contribution >= 4 is 39.7 Å². The third kappa shape index (κ3) is 5.17. The number of aromatic nitrogens is 2. The number of thioether (sulfide) groups is 1. The van der Waals surface area contributed by atoms with E-state index >= 15 is 0 Å². The van der Waals surface area contributed by atoms with E-state index in [0.29, 0.717) is 5.92 Å². The van der Waals surface area contributed by atoms with Crippen molar-refractivity contribution in [2.24, 2.45) is 0 Å². The molecule has 6 heteroatoms. The van der Waals surface area contributed by atoms with Crippen LogP contribution in [0.4, 0.5) is 10.8 Å². The van der Waals surface area contributed by atoms with E-state index in [1.807, 2.05) is 50.2 Å². The maximum absolute atomic E-state index is 12.6. The molecule has 0 aliphatic rings. The quantitative estimate of drug-likeness (QED) is 0.387. The maximum Gasteiger partial charge on any atom is 0.210 e. The van der Waals surface area contributed by atoms with Gasteiger partial charge in [0.2, 0.25) is 5.13 Å². The lowest BCUT2D eigenvalue weighted by Crippen LogP contribution is -2.13. The highest BCUT2D eigenvalue weighted by Gasteiger charge is 2.18. The van der Waals surface area contributed by atoms with E-state index in [9.17, 15) is 4.79 Å². The molecule has 0 unspecified atom stereocenters. The predicted molar refractivity (Wildman–Crippen MR) is 115 cm³/mol. The van der Waals surface area contributed by atoms with Gasteiger partial charge in [0.05, 0.1) is 5.25 Å². The highest BCUT2D eigenvalue weighted by atomic mass is 32.2. The Hall–Kier alpha value is -2.18. The largest absolute Gasteiger partial charge is 0.330 e. The van der Waals surface area contributed by atoms with Gasteiger partial charge in [0.1, 0.15) is 0 Å². The number of carbonyl (C=O) groups excluding carboxylic acids is 1. The summed E-state index contributed by atoms with van der Waals surface area (Å²) in [6.07, 6.45) is 0. The molecule has 1 N–H and O–H groups in total. The fourth-order valence-electron chi connectivity index (χ4n) is 2.54. The van der Waals surface area contributed by atoms with Crippen molar-refractivity contribution in [3.63, 3.8) is 0 Å². The second-order valence-corrected chi connectivity index (χ2v) is 9.33. The summed E-state index contributed by atoms with van der Waals surface area (Å²) in [6, 6.07) is 16.0. The summed E-state index contributed by atoms with van der Waals surface area (Å²) in [5, 5.41) is 12.2. The number of rotatable bonds is 7. The van der Waals surface area contributed by atoms with Crippen LogP contribution in [0.5, 0.6) is 0 Å². The van der Waals surface area contributed by atoms with Crippen LogP contribution in [-0.2, 0) is 0 Å². The Morgan fingerprint density at radius 1 is 1.00 bits per heavy atom. The van der Waals surface area contributed by atoms with Gasteiger partial charge in [-0.15, -0.1) is 10.2 Å². The fourth-order valence-corrected chi connectivity index (χ4v) is 4.53. The van der Waals surface area contributed by atoms with Crippen molar-refractivity contribution in [2.75, 3.05) is 5.32 Å². The molecule has 1 aromatic heterocycles. The van der Waals surface area contributed by atoms with Crippen LogP contribution < -0.4 is 5.32 Å². The molecule has 0 saturated carbocycles. The van der Waals surface area contributed by atoms with Crippen LogP contribution in [-0.4, -0.2) is 21.2 Å². The van der Waals surface area contributed by atoms with E-state index in [-0.39, 0.29) is 11.0 Å². The molecule has 0 bridgehead atoms. The minimum Gasteiger partial charge on any atom is -0.330 e. The second-order valence-electron chi connectivity index (χ2n) is 6.77. The highest BCUT2D eigenvalue weighted by Crippen LogP contribution is 2.32. The molecule has 0 aliphatic heterocycles. The zero-order valence-corrected chi connectivity index (χ0v) is 17.5. The summed E-state index contributed by atoms with van der Waals surface area (Å²) in [4.78, 5) is 12.6. The summed E-state index contributed by atoms with van der Waals surface area (Å²) in [5.41, 5.74) is 4.16. The second kappa shape index (κ2) is 8.67. The third-order valence-corrected chi connectivity index (χ3v) is 6.24. The molecule has 2 aromatic carbocycles. The smallest absolute Gasteiger partial charge is 0.210 e. The number of carbonyl (C=O) groups is 1. The molecule has 140 valence electrons. The Labute approximate surface area is 168 Å². The summed E-state index contributed by atoms with van der Waals surface area (Å²) in [5.74, 6) is 0.616. The van der Waals surface area contributed by atoms with Crippen molar-refractivity contribution in [1.82, 2.24) is 10.2 Å². The van der Waals surface area contributed by atoms with E-state index in [1.165, 1.54) is 28.7 Å². The zero-order valence-electron chi connectivity index (χ0n) is 15.9. The molecule has 3 aromatic rings. The molecule has 0 amide bonds. The van der Waals surface area contributed by atoms with Crippen LogP contribution in [0.1, 0.15) is 48.2 Å². The number of benzene rings is 2. The first-order valence-corrected chi connectivity index (χ1v) is 10.6. The predicted octanol–water partition coefficient (Wildman–Crippen LogP) is 6.08. The van der Waals surface area contributed by atoms with Gasteiger partial charge in [-0.1, -0.05) is 78.9 Å². The Bertz CT molecular complexity index is 902. The number of nitrogens with one attached hydrogen (secondary N) is 1. The number of aryl methyl sites for hydroxylation is 1. The first-order chi connectivity index (χ1) is 12.9. The minimum atomic E-state index is -0.209. The van der Waals surface area contributed by atoms with Crippen LogP contribution in [0.3, 0.4) is 0 Å². The van der Waals surface area contributed by atoms with Crippen molar-refractivity contribution in [3.8, 4) is 0 Å². The lowest BCUT2D eigenvalue weighted by atomic mass is 10.0. The lowest BCUT2D eigenvalue weighted by Gasteiger charge is -2.08. The molecule has 0 aliphatic carbocycles. The van der Waals surface area contributed by atoms with Crippen molar-refractivity contribution in [2.45, 2.75) is 43.2 Å². The number of hydrogen-bond acceptors (Lipinski definition) is 6. The number of Topliss-reactive ketones (excluding diaryl/α,β-unsaturated/α-hetero) is 1. The number of ketones is 1. The van der Waals surface area contributed by atoms with Crippen LogP contribution >= 0.6 is 23.1 Å². The normalized spacial score (nSPS) is 12.2. The van der Waals surface area contributed by atoms with E-state index in [1.54, 1.807) is 0 Å². The molecule has 3 rings (SSSR count). The van der Waals surface area contributed by atoms with Crippen LogP contribution in [0.15, 0.2) is 52.9 Å². The fraction of sp³-hybridized carbons (Fsp3) is 0.286. The molecule has 0 fully saturated rings. The number of nitrogens with zero attached hydrogens (tertiary/aromatic N) is 2. The molecule has 27 heavy (non-hydrogen) atoms. The molecule has 4 nitrogen and oxygen atoms in total. The first-order valence-electron chi connectivity index (χ1n) is 8.90. The van der Waals surface area contributed by atoms with E-state index in [0.717, 1.165) is 26.3 Å². The van der Waals surface area contributed by atoms with Gasteiger partial charge in [-0.05, 0) is 37.5 Å². The molecule has 0 radical (unpaired) electrons. The van der Waals surface area contributed by atoms with Crippen molar-refractivity contribution in [3.05, 3.63) is 65.2 Å². The van der Waals surface area contributed by atoms with Crippen molar-refractivity contribution in [1.29, 1.82) is 0 Å². The summed E-state index contributed by atoms with van der Waals surface area (Å²) >= 11 is 2.90. The molecular formula is C21H23N3OS2. The lowest BCUT2D eigenvalue weighted by molar-refractivity contribution is 0.0994. The summed E-state index contributed by atoms with van der Waals surface area (Å²) < 4.78 is 0.782. The van der Waals surface area contributed by atoms with E-state index in [2.05, 4.69) is 41.5 Å². The van der Waals surface area contributed by atoms with Crippen LogP contribution in [0.2, 0.25) is 0 Å². The minimum absolute atomic E-state index is 0.106. The summed E-state index contributed by atoms with van der Waals surface area (Å²) in [6.45, 7) is 8.27. The van der Waals surface area contributed by atoms with Crippen LogP contribution in [0.25, 0.3) is 0 Å². The third-order valence-electron chi connectivity index (χ3n) is 4.22. The van der Waals surface area contributed by atoms with Gasteiger partial charge < -0.3 is 5.32 Å². The van der Waals surface area contributed by atoms with Gasteiger partial charge >= 0.3 is 0 Å². The average Bonchev–Trinajstić information content (AvgIpc) is 3.09. The number of hydrogen-bond donors (Lipinski definition) is 1. The van der Waals surface area contributed by atoms with Crippen LogP contribution in [0, 0.1) is 6.92 Å². The Morgan fingerprint density at radius 3 is 2.30 bits per heavy atom. The Balaban J connectivity index is 1.61. The molecule has 1 atom stereocenters. The topological polar surface area (TPSA) is 54.9 Å². The molecule has 0 spiro atoms. The van der Waals surface area contributed by atoms with Crippen molar-refractivity contribution < 1.29 is 4.79 Å². The van der Waals surface area contributed by atoms with E-state index in [4.69, 9.17) is 0 Å². The highest BCUT2D eigenvalue weighted by molar-refractivity contribution is 8.02. The zero-order chi connectivity index (χ0) is 19.4. The Kier molecular flexibility index (Phi) is 6.29. The average molecular weight is 398 g/mol. The van der Waals surface area contributed by atoms with E-state index < -0.39 is 0 Å². The molecule has 1 heterocycles. The van der Waals surface area contributed by atoms with Gasteiger partial charge in [0.15, 0.2) is 10.1 Å². The van der Waals surface area contributed by atoms with Gasteiger partial charge in [-0.2, -0.15) is 0 Å². The summed E-state index contributed by atoms with van der Waals surface area (Å²) in [7, 11) is 0. The van der Waals surface area contributed by atoms with Gasteiger partial charge in [-0.3, -0.25) is 4.79 Å². The Morgan fingerprint density at radius 2 is 1.67 bits per heavy atom. The molecule has 0 saturated heterocycles. The van der Waals surface area contributed by atoms with Gasteiger partial charge in [-0.25, -0.2) is 0 Å². The first kappa shape index (κ1) is 19.6. The standard InChI is InChI=1S/C21H23N3OS2/c1-13(2)16-9-11-18(12-10-16)22-20-23-24-21(27-20)26-15(4)19(25)17-7-5-14(3)6-8-17/h5-13,15H,1-4H3,(H,22,23)/t15-/m0/s1. The monoisotopic (exact) mass is 397 g/mol. The van der Waals surface area contributed by atoms with Gasteiger partial charge in [0.25, 0.3) is 0 Å². The molecular weight excluding hydrogens is 374 g/mol. The maximum atomic E-state index is 12.6.